The van der Waals surface area contributed by atoms with Crippen molar-refractivity contribution in [3.63, 3.8) is 0 Å². The zero-order chi connectivity index (χ0) is 12.1. The van der Waals surface area contributed by atoms with E-state index in [0.717, 1.165) is 10.6 Å². The molecule has 0 aliphatic carbocycles. The highest BCUT2D eigenvalue weighted by molar-refractivity contribution is 7.10. The van der Waals surface area contributed by atoms with Gasteiger partial charge >= 0.3 is 0 Å². The number of carbonyl (C=O) groups excluding carboxylic acids is 1. The second-order valence-electron chi connectivity index (χ2n) is 3.80. The fraction of sp³-hybridized carbons (Fsp3) is 0.231. The summed E-state index contributed by atoms with van der Waals surface area (Å²) in [5.41, 5.74) is 0.882. The minimum atomic E-state index is -0.0522. The maximum atomic E-state index is 11.8. The fourth-order valence-corrected chi connectivity index (χ4v) is 2.27. The number of thiophene rings is 1. The Bertz CT molecular complexity index is 467. The first kappa shape index (κ1) is 11.8. The number of rotatable bonds is 4. The Kier molecular flexibility index (Phi) is 3.88. The molecule has 2 heterocycles. The summed E-state index contributed by atoms with van der Waals surface area (Å²) in [4.78, 5) is 17.1. The maximum absolute atomic E-state index is 11.8. The summed E-state index contributed by atoms with van der Waals surface area (Å²) in [5, 5.41) is 4.92. The van der Waals surface area contributed by atoms with Crippen LogP contribution in [-0.4, -0.2) is 10.9 Å². The second kappa shape index (κ2) is 5.59. The lowest BCUT2D eigenvalue weighted by molar-refractivity contribution is -0.121. The summed E-state index contributed by atoms with van der Waals surface area (Å²) in [6, 6.07) is 9.57. The molecule has 0 radical (unpaired) electrons. The normalized spacial score (nSPS) is 12.1. The number of nitrogens with one attached hydrogen (secondary N) is 1. The van der Waals surface area contributed by atoms with Crippen molar-refractivity contribution in [3.8, 4) is 0 Å². The van der Waals surface area contributed by atoms with Crippen LogP contribution in [0, 0.1) is 0 Å². The third kappa shape index (κ3) is 3.39. The Labute approximate surface area is 105 Å². The number of hydrogen-bond donors (Lipinski definition) is 1. The number of carbonyl (C=O) groups is 1. The molecule has 1 atom stereocenters. The van der Waals surface area contributed by atoms with E-state index < -0.39 is 0 Å². The van der Waals surface area contributed by atoms with Crippen molar-refractivity contribution in [2.75, 3.05) is 0 Å². The van der Waals surface area contributed by atoms with Gasteiger partial charge < -0.3 is 5.32 Å². The Morgan fingerprint density at radius 1 is 1.41 bits per heavy atom. The van der Waals surface area contributed by atoms with Gasteiger partial charge in [0.1, 0.15) is 0 Å². The van der Waals surface area contributed by atoms with E-state index in [4.69, 9.17) is 0 Å². The largest absolute Gasteiger partial charge is 0.348 e. The molecule has 0 saturated carbocycles. The number of aromatic nitrogens is 1. The van der Waals surface area contributed by atoms with Crippen LogP contribution in [0.3, 0.4) is 0 Å². The van der Waals surface area contributed by atoms with Gasteiger partial charge in [-0.2, -0.15) is 0 Å². The van der Waals surface area contributed by atoms with Crippen molar-refractivity contribution in [2.45, 2.75) is 19.4 Å². The third-order valence-electron chi connectivity index (χ3n) is 2.42. The molecule has 0 aliphatic heterocycles. The number of nitrogens with zero attached hydrogens (tertiary/aromatic N) is 1. The van der Waals surface area contributed by atoms with Crippen molar-refractivity contribution >= 4 is 17.2 Å². The van der Waals surface area contributed by atoms with Crippen LogP contribution in [0.5, 0.6) is 0 Å². The molecule has 2 rings (SSSR count). The zero-order valence-electron chi connectivity index (χ0n) is 9.59. The van der Waals surface area contributed by atoms with Crippen molar-refractivity contribution in [1.29, 1.82) is 0 Å². The molecular formula is C13H14N2OS. The molecule has 2 aromatic heterocycles. The predicted octanol–water partition coefficient (Wildman–Crippen LogP) is 2.56. The van der Waals surface area contributed by atoms with Crippen LogP contribution in [0.2, 0.25) is 0 Å². The van der Waals surface area contributed by atoms with Crippen LogP contribution >= 0.6 is 11.3 Å². The number of amides is 1. The van der Waals surface area contributed by atoms with Gasteiger partial charge in [-0.15, -0.1) is 11.3 Å². The minimum Gasteiger partial charge on any atom is -0.348 e. The number of pyridine rings is 1. The summed E-state index contributed by atoms with van der Waals surface area (Å²) in [5.74, 6) is 0.0330. The van der Waals surface area contributed by atoms with Gasteiger partial charge in [0.15, 0.2) is 0 Å². The van der Waals surface area contributed by atoms with Crippen molar-refractivity contribution in [3.05, 3.63) is 52.5 Å². The van der Waals surface area contributed by atoms with Gasteiger partial charge in [-0.1, -0.05) is 12.1 Å². The van der Waals surface area contributed by atoms with Crippen LogP contribution in [0.1, 0.15) is 23.5 Å². The molecule has 1 unspecified atom stereocenters. The second-order valence-corrected chi connectivity index (χ2v) is 4.83. The third-order valence-corrected chi connectivity index (χ3v) is 3.30. The molecule has 0 fully saturated rings. The van der Waals surface area contributed by atoms with E-state index in [2.05, 4.69) is 10.3 Å². The molecule has 0 bridgehead atoms. The lowest BCUT2D eigenvalue weighted by atomic mass is 10.2. The summed E-state index contributed by atoms with van der Waals surface area (Å²) in [7, 11) is 0. The van der Waals surface area contributed by atoms with Crippen LogP contribution in [0.4, 0.5) is 0 Å². The number of hydrogen-bond acceptors (Lipinski definition) is 3. The van der Waals surface area contributed by atoms with Gasteiger partial charge in [-0.05, 0) is 30.5 Å². The summed E-state index contributed by atoms with van der Waals surface area (Å²) in [6.07, 6.45) is 2.17. The topological polar surface area (TPSA) is 42.0 Å². The van der Waals surface area contributed by atoms with E-state index in [9.17, 15) is 4.79 Å². The van der Waals surface area contributed by atoms with Crippen LogP contribution in [0.25, 0.3) is 0 Å². The highest BCUT2D eigenvalue weighted by atomic mass is 32.1. The standard InChI is InChI=1S/C13H14N2OS/c1-10(12-6-2-3-7-14-12)15-13(16)9-11-5-4-8-17-11/h2-8,10H,9H2,1H3,(H,15,16). The van der Waals surface area contributed by atoms with Gasteiger partial charge in [0, 0.05) is 11.1 Å². The molecule has 0 aliphatic rings. The summed E-state index contributed by atoms with van der Waals surface area (Å²) >= 11 is 1.60. The van der Waals surface area contributed by atoms with Gasteiger partial charge in [0.05, 0.1) is 18.2 Å². The van der Waals surface area contributed by atoms with Gasteiger partial charge in [-0.3, -0.25) is 9.78 Å². The average Bonchev–Trinajstić information content (AvgIpc) is 2.82. The maximum Gasteiger partial charge on any atom is 0.225 e. The SMILES string of the molecule is CC(NC(=O)Cc1cccs1)c1ccccn1. The Morgan fingerprint density at radius 2 is 2.29 bits per heavy atom. The molecule has 3 nitrogen and oxygen atoms in total. The first-order valence-corrected chi connectivity index (χ1v) is 6.36. The zero-order valence-corrected chi connectivity index (χ0v) is 10.4. The van der Waals surface area contributed by atoms with Crippen LogP contribution in [0.15, 0.2) is 41.9 Å². The van der Waals surface area contributed by atoms with Gasteiger partial charge in [-0.25, -0.2) is 0 Å². The average molecular weight is 246 g/mol. The molecule has 4 heteroatoms. The molecular weight excluding hydrogens is 232 g/mol. The fourth-order valence-electron chi connectivity index (χ4n) is 1.57. The predicted molar refractivity (Wildman–Crippen MR) is 68.8 cm³/mol. The minimum absolute atomic E-state index is 0.0330. The van der Waals surface area contributed by atoms with E-state index in [1.54, 1.807) is 17.5 Å². The Morgan fingerprint density at radius 3 is 2.94 bits per heavy atom. The van der Waals surface area contributed by atoms with Crippen molar-refractivity contribution < 1.29 is 4.79 Å². The van der Waals surface area contributed by atoms with E-state index in [0.29, 0.717) is 6.42 Å². The van der Waals surface area contributed by atoms with Crippen molar-refractivity contribution in [2.24, 2.45) is 0 Å². The highest BCUT2D eigenvalue weighted by Gasteiger charge is 2.10. The first-order valence-electron chi connectivity index (χ1n) is 5.48. The van der Waals surface area contributed by atoms with Crippen LogP contribution in [-0.2, 0) is 11.2 Å². The quantitative estimate of drug-likeness (QED) is 0.901. The van der Waals surface area contributed by atoms with Gasteiger partial charge in [0.25, 0.3) is 0 Å². The Balaban J connectivity index is 1.91. The lowest BCUT2D eigenvalue weighted by Crippen LogP contribution is -2.28. The van der Waals surface area contributed by atoms with Crippen LogP contribution < -0.4 is 5.32 Å². The molecule has 1 N–H and O–H groups in total. The molecule has 2 aromatic rings. The van der Waals surface area contributed by atoms with E-state index >= 15 is 0 Å². The van der Waals surface area contributed by atoms with E-state index in [1.165, 1.54) is 0 Å². The molecule has 0 spiro atoms. The molecule has 17 heavy (non-hydrogen) atoms. The monoisotopic (exact) mass is 246 g/mol. The van der Waals surface area contributed by atoms with Crippen molar-refractivity contribution in [1.82, 2.24) is 10.3 Å². The summed E-state index contributed by atoms with van der Waals surface area (Å²) < 4.78 is 0. The molecule has 0 aromatic carbocycles. The molecule has 1 amide bonds. The van der Waals surface area contributed by atoms with E-state index in [1.807, 2.05) is 42.6 Å². The highest BCUT2D eigenvalue weighted by Crippen LogP contribution is 2.11. The lowest BCUT2D eigenvalue weighted by Gasteiger charge is -2.12. The summed E-state index contributed by atoms with van der Waals surface area (Å²) in [6.45, 7) is 1.94. The smallest absolute Gasteiger partial charge is 0.225 e. The molecule has 88 valence electrons. The Hall–Kier alpha value is -1.68. The first-order chi connectivity index (χ1) is 8.25. The van der Waals surface area contributed by atoms with Gasteiger partial charge in [0.2, 0.25) is 5.91 Å². The van der Waals surface area contributed by atoms with E-state index in [-0.39, 0.29) is 11.9 Å². The molecule has 0 saturated heterocycles.